The largest absolute Gasteiger partial charge is 0.480 e. The third-order valence-electron chi connectivity index (χ3n) is 1.81. The second-order valence-corrected chi connectivity index (χ2v) is 4.31. The third kappa shape index (κ3) is 8.13. The van der Waals surface area contributed by atoms with Crippen LogP contribution in [0.25, 0.3) is 0 Å². The van der Waals surface area contributed by atoms with Crippen LogP contribution < -0.4 is 5.73 Å². The van der Waals surface area contributed by atoms with Crippen molar-refractivity contribution in [3.05, 3.63) is 12.7 Å². The lowest BCUT2D eigenvalue weighted by molar-refractivity contribution is -0.137. The van der Waals surface area contributed by atoms with Crippen molar-refractivity contribution in [1.82, 2.24) is 0 Å². The number of carbonyl (C=O) groups is 1. The highest BCUT2D eigenvalue weighted by Crippen LogP contribution is 2.08. The Hall–Kier alpha value is -0.480. The molecule has 0 fully saturated rings. The number of carboxylic acids is 1. The molecule has 1 atom stereocenters. The summed E-state index contributed by atoms with van der Waals surface area (Å²) in [6.07, 6.45) is 6.48. The van der Waals surface area contributed by atoms with Gasteiger partial charge in [0.2, 0.25) is 0 Å². The van der Waals surface area contributed by atoms with E-state index >= 15 is 0 Å². The Morgan fingerprint density at radius 1 is 1.50 bits per heavy atom. The van der Waals surface area contributed by atoms with Gasteiger partial charge in [-0.15, -0.1) is 6.58 Å². The summed E-state index contributed by atoms with van der Waals surface area (Å²) in [6, 6.07) is -0.715. The molecule has 0 heterocycles. The Morgan fingerprint density at radius 2 is 2.21 bits per heavy atom. The molecule has 14 heavy (non-hydrogen) atoms. The standard InChI is InChI=1S/C10H19NO2S/c1-2-3-4-5-6-7-14-8-9(11)10(12)13/h2,9H,1,3-8,11H2,(H,12,13)/t9-/m1/s1. The zero-order valence-corrected chi connectivity index (χ0v) is 9.26. The SMILES string of the molecule is C=CCCCCCSC[C@@H](N)C(=O)O. The highest BCUT2D eigenvalue weighted by atomic mass is 32.2. The zero-order chi connectivity index (χ0) is 10.8. The van der Waals surface area contributed by atoms with E-state index in [9.17, 15) is 4.79 Å². The van der Waals surface area contributed by atoms with Crippen molar-refractivity contribution in [3.63, 3.8) is 0 Å². The van der Waals surface area contributed by atoms with E-state index in [1.807, 2.05) is 6.08 Å². The first kappa shape index (κ1) is 13.5. The van der Waals surface area contributed by atoms with Gasteiger partial charge in [-0.05, 0) is 25.0 Å². The normalized spacial score (nSPS) is 12.4. The van der Waals surface area contributed by atoms with Crippen molar-refractivity contribution in [2.75, 3.05) is 11.5 Å². The Kier molecular flexibility index (Phi) is 8.78. The monoisotopic (exact) mass is 217 g/mol. The number of hydrogen-bond donors (Lipinski definition) is 2. The first-order valence-electron chi connectivity index (χ1n) is 4.85. The molecule has 0 bridgehead atoms. The first-order valence-corrected chi connectivity index (χ1v) is 6.01. The van der Waals surface area contributed by atoms with Gasteiger partial charge >= 0.3 is 5.97 Å². The number of nitrogens with two attached hydrogens (primary N) is 1. The van der Waals surface area contributed by atoms with Crippen LogP contribution in [0.15, 0.2) is 12.7 Å². The van der Waals surface area contributed by atoms with Crippen LogP contribution >= 0.6 is 11.8 Å². The average molecular weight is 217 g/mol. The van der Waals surface area contributed by atoms with Crippen LogP contribution in [0.2, 0.25) is 0 Å². The van der Waals surface area contributed by atoms with Gasteiger partial charge in [0, 0.05) is 5.75 Å². The number of thioether (sulfide) groups is 1. The lowest BCUT2D eigenvalue weighted by Crippen LogP contribution is -2.32. The molecule has 0 aliphatic rings. The molecule has 0 saturated carbocycles. The van der Waals surface area contributed by atoms with Crippen LogP contribution in [0.5, 0.6) is 0 Å². The molecule has 0 radical (unpaired) electrons. The summed E-state index contributed by atoms with van der Waals surface area (Å²) in [5, 5.41) is 8.51. The summed E-state index contributed by atoms with van der Waals surface area (Å²) in [5.41, 5.74) is 5.35. The molecule has 0 saturated heterocycles. The molecule has 0 unspecified atom stereocenters. The quantitative estimate of drug-likeness (QED) is 0.457. The molecule has 0 aliphatic carbocycles. The van der Waals surface area contributed by atoms with Crippen molar-refractivity contribution in [2.24, 2.45) is 5.73 Å². The van der Waals surface area contributed by atoms with Gasteiger partial charge in [-0.25, -0.2) is 0 Å². The van der Waals surface area contributed by atoms with Gasteiger partial charge in [-0.1, -0.05) is 12.5 Å². The number of carboxylic acid groups (broad SMARTS) is 1. The topological polar surface area (TPSA) is 63.3 Å². The van der Waals surface area contributed by atoms with E-state index in [0.717, 1.165) is 18.6 Å². The number of rotatable bonds is 9. The molecule has 3 nitrogen and oxygen atoms in total. The minimum Gasteiger partial charge on any atom is -0.480 e. The summed E-state index contributed by atoms with van der Waals surface area (Å²) >= 11 is 1.62. The average Bonchev–Trinajstić information content (AvgIpc) is 2.16. The molecule has 3 N–H and O–H groups in total. The van der Waals surface area contributed by atoms with Gasteiger partial charge in [0.15, 0.2) is 0 Å². The van der Waals surface area contributed by atoms with Crippen molar-refractivity contribution in [1.29, 1.82) is 0 Å². The Labute approximate surface area is 89.8 Å². The van der Waals surface area contributed by atoms with Crippen LogP contribution in [-0.2, 0) is 4.79 Å². The van der Waals surface area contributed by atoms with Crippen LogP contribution in [0, 0.1) is 0 Å². The summed E-state index contributed by atoms with van der Waals surface area (Å²) in [4.78, 5) is 10.4. The van der Waals surface area contributed by atoms with Gasteiger partial charge in [-0.3, -0.25) is 4.79 Å². The number of aliphatic carboxylic acids is 1. The highest BCUT2D eigenvalue weighted by Gasteiger charge is 2.09. The van der Waals surface area contributed by atoms with Crippen LogP contribution in [-0.4, -0.2) is 28.6 Å². The fourth-order valence-electron chi connectivity index (χ4n) is 0.951. The van der Waals surface area contributed by atoms with Gasteiger partial charge in [-0.2, -0.15) is 11.8 Å². The fourth-order valence-corrected chi connectivity index (χ4v) is 1.92. The van der Waals surface area contributed by atoms with E-state index in [1.165, 1.54) is 12.8 Å². The molecular formula is C10H19NO2S. The molecule has 4 heteroatoms. The maximum atomic E-state index is 10.4. The predicted molar refractivity (Wildman–Crippen MR) is 61.6 cm³/mol. The fraction of sp³-hybridized carbons (Fsp3) is 0.700. The molecular weight excluding hydrogens is 198 g/mol. The van der Waals surface area contributed by atoms with Crippen molar-refractivity contribution in [3.8, 4) is 0 Å². The molecule has 0 aromatic heterocycles. The molecule has 0 rings (SSSR count). The minimum atomic E-state index is -0.913. The summed E-state index contributed by atoms with van der Waals surface area (Å²) in [7, 11) is 0. The molecule has 0 spiro atoms. The zero-order valence-electron chi connectivity index (χ0n) is 8.45. The first-order chi connectivity index (χ1) is 6.68. The Bertz CT molecular complexity index is 174. The summed E-state index contributed by atoms with van der Waals surface area (Å²) in [5.74, 6) is 0.596. The van der Waals surface area contributed by atoms with Gasteiger partial charge < -0.3 is 10.8 Å². The lowest BCUT2D eigenvalue weighted by Gasteiger charge is -2.05. The van der Waals surface area contributed by atoms with Crippen LogP contribution in [0.4, 0.5) is 0 Å². The lowest BCUT2D eigenvalue weighted by atomic mass is 10.2. The molecule has 0 aromatic carbocycles. The predicted octanol–water partition coefficient (Wildman–Crippen LogP) is 1.88. The van der Waals surface area contributed by atoms with E-state index in [1.54, 1.807) is 11.8 Å². The van der Waals surface area contributed by atoms with Crippen molar-refractivity contribution in [2.45, 2.75) is 31.7 Å². The second kappa shape index (κ2) is 9.09. The van der Waals surface area contributed by atoms with Gasteiger partial charge in [0.1, 0.15) is 6.04 Å². The number of unbranched alkanes of at least 4 members (excludes halogenated alkanes) is 3. The van der Waals surface area contributed by atoms with Gasteiger partial charge in [0.05, 0.1) is 0 Å². The number of hydrogen-bond acceptors (Lipinski definition) is 3. The minimum absolute atomic E-state index is 0.511. The third-order valence-corrected chi connectivity index (χ3v) is 2.98. The van der Waals surface area contributed by atoms with Gasteiger partial charge in [0.25, 0.3) is 0 Å². The Morgan fingerprint density at radius 3 is 2.79 bits per heavy atom. The van der Waals surface area contributed by atoms with E-state index in [0.29, 0.717) is 5.75 Å². The van der Waals surface area contributed by atoms with E-state index in [-0.39, 0.29) is 0 Å². The van der Waals surface area contributed by atoms with E-state index in [4.69, 9.17) is 10.8 Å². The molecule has 0 aromatic rings. The maximum absolute atomic E-state index is 10.4. The van der Waals surface area contributed by atoms with Crippen LogP contribution in [0.1, 0.15) is 25.7 Å². The second-order valence-electron chi connectivity index (χ2n) is 3.16. The molecule has 82 valence electrons. The van der Waals surface area contributed by atoms with Crippen molar-refractivity contribution < 1.29 is 9.90 Å². The van der Waals surface area contributed by atoms with E-state index < -0.39 is 12.0 Å². The smallest absolute Gasteiger partial charge is 0.321 e. The summed E-state index contributed by atoms with van der Waals surface area (Å²) in [6.45, 7) is 3.65. The van der Waals surface area contributed by atoms with Crippen molar-refractivity contribution >= 4 is 17.7 Å². The van der Waals surface area contributed by atoms with Crippen LogP contribution in [0.3, 0.4) is 0 Å². The summed E-state index contributed by atoms with van der Waals surface area (Å²) < 4.78 is 0. The maximum Gasteiger partial charge on any atom is 0.321 e. The molecule has 0 aliphatic heterocycles. The molecule has 0 amide bonds. The van der Waals surface area contributed by atoms with E-state index in [2.05, 4.69) is 6.58 Å². The highest BCUT2D eigenvalue weighted by molar-refractivity contribution is 7.99. The Balaban J connectivity index is 3.13. The number of allylic oxidation sites excluding steroid dienone is 1.